The van der Waals surface area contributed by atoms with Gasteiger partial charge in [0.15, 0.2) is 0 Å². The quantitative estimate of drug-likeness (QED) is 0.503. The Bertz CT molecular complexity index is 777. The van der Waals surface area contributed by atoms with Gasteiger partial charge in [0.25, 0.3) is 0 Å². The van der Waals surface area contributed by atoms with Crippen LogP contribution in [0, 0.1) is 6.92 Å². The molecule has 0 radical (unpaired) electrons. The van der Waals surface area contributed by atoms with Gasteiger partial charge in [0, 0.05) is 38.3 Å². The van der Waals surface area contributed by atoms with Gasteiger partial charge in [-0.2, -0.15) is 0 Å². The monoisotopic (exact) mass is 418 g/mol. The van der Waals surface area contributed by atoms with Gasteiger partial charge in [0.1, 0.15) is 0 Å². The van der Waals surface area contributed by atoms with E-state index in [9.17, 15) is 0 Å². The molecule has 2 nitrogen and oxygen atoms in total. The third kappa shape index (κ3) is 9.85. The maximum atomic E-state index is 2.50. The summed E-state index contributed by atoms with van der Waals surface area (Å²) in [6.07, 6.45) is 11.9. The molecule has 2 aliphatic rings. The van der Waals surface area contributed by atoms with Crippen LogP contribution in [0.2, 0.25) is 0 Å². The van der Waals surface area contributed by atoms with Crippen molar-refractivity contribution < 1.29 is 0 Å². The lowest BCUT2D eigenvalue weighted by molar-refractivity contribution is 0.184. The van der Waals surface area contributed by atoms with E-state index < -0.39 is 0 Å². The summed E-state index contributed by atoms with van der Waals surface area (Å²) >= 11 is 0. The highest BCUT2D eigenvalue weighted by molar-refractivity contribution is 5.63. The number of likely N-dealkylation sites (N-methyl/N-ethyl adjacent to an activating group) is 1. The summed E-state index contributed by atoms with van der Waals surface area (Å²) in [5.41, 5.74) is 5.33. The highest BCUT2D eigenvalue weighted by Crippen LogP contribution is 2.18. The van der Waals surface area contributed by atoms with E-state index in [4.69, 9.17) is 0 Å². The van der Waals surface area contributed by atoms with Gasteiger partial charge in [-0.1, -0.05) is 112 Å². The lowest BCUT2D eigenvalue weighted by Gasteiger charge is -2.35. The fourth-order valence-corrected chi connectivity index (χ4v) is 3.27. The summed E-state index contributed by atoms with van der Waals surface area (Å²) in [5.74, 6) is 0. The second kappa shape index (κ2) is 16.2. The number of hydrogen-bond donors (Lipinski definition) is 0. The van der Waals surface area contributed by atoms with E-state index in [1.807, 2.05) is 33.8 Å². The molecule has 2 heteroatoms. The molecule has 1 aliphatic heterocycles. The average Bonchev–Trinajstić information content (AvgIpc) is 3.13. The topological polar surface area (TPSA) is 6.48 Å². The number of benzene rings is 2. The summed E-state index contributed by atoms with van der Waals surface area (Å²) in [6.45, 7) is 14.8. The highest BCUT2D eigenvalue weighted by atomic mass is 15.2. The predicted octanol–water partition coefficient (Wildman–Crippen LogP) is 7.35. The van der Waals surface area contributed by atoms with Crippen molar-refractivity contribution in [1.82, 2.24) is 9.80 Å². The van der Waals surface area contributed by atoms with Crippen LogP contribution in [-0.2, 0) is 0 Å². The molecule has 31 heavy (non-hydrogen) atoms. The summed E-state index contributed by atoms with van der Waals surface area (Å²) < 4.78 is 0. The van der Waals surface area contributed by atoms with Crippen LogP contribution >= 0.6 is 0 Å². The first kappa shape index (κ1) is 26.5. The van der Waals surface area contributed by atoms with Gasteiger partial charge in [-0.05, 0) is 31.2 Å². The summed E-state index contributed by atoms with van der Waals surface area (Å²) in [6, 6.07) is 19.0. The number of nitrogens with zero attached hydrogens (tertiary/aromatic N) is 2. The normalized spacial score (nSPS) is 15.2. The molecular weight excluding hydrogens is 376 g/mol. The highest BCUT2D eigenvalue weighted by Gasteiger charge is 2.15. The van der Waals surface area contributed by atoms with E-state index in [0.29, 0.717) is 0 Å². The Hall–Kier alpha value is -2.58. The molecule has 0 amide bonds. The third-order valence-electron chi connectivity index (χ3n) is 5.04. The Balaban J connectivity index is 0.000000268. The molecular formula is C29H42N2. The summed E-state index contributed by atoms with van der Waals surface area (Å²) in [4.78, 5) is 4.89. The van der Waals surface area contributed by atoms with Crippen LogP contribution < -0.4 is 0 Å². The van der Waals surface area contributed by atoms with E-state index in [0.717, 1.165) is 6.42 Å². The second-order valence-electron chi connectivity index (χ2n) is 7.20. The Morgan fingerprint density at radius 3 is 1.84 bits per heavy atom. The van der Waals surface area contributed by atoms with E-state index in [2.05, 4.69) is 103 Å². The molecule has 1 saturated heterocycles. The van der Waals surface area contributed by atoms with Gasteiger partial charge < -0.3 is 9.80 Å². The molecule has 2 aromatic carbocycles. The van der Waals surface area contributed by atoms with Crippen molar-refractivity contribution in [3.63, 3.8) is 0 Å². The zero-order chi connectivity index (χ0) is 22.9. The van der Waals surface area contributed by atoms with E-state index in [-0.39, 0.29) is 0 Å². The van der Waals surface area contributed by atoms with Crippen LogP contribution in [0.15, 0.2) is 90.7 Å². The zero-order valence-electron chi connectivity index (χ0n) is 20.5. The first-order valence-corrected chi connectivity index (χ1v) is 11.8. The Morgan fingerprint density at radius 2 is 1.23 bits per heavy atom. The van der Waals surface area contributed by atoms with Gasteiger partial charge >= 0.3 is 0 Å². The number of allylic oxidation sites excluding steroid dienone is 5. The van der Waals surface area contributed by atoms with Crippen molar-refractivity contribution in [2.75, 3.05) is 33.2 Å². The van der Waals surface area contributed by atoms with Crippen molar-refractivity contribution in [3.8, 4) is 11.1 Å². The third-order valence-corrected chi connectivity index (χ3v) is 5.04. The lowest BCUT2D eigenvalue weighted by atomic mass is 10.0. The molecule has 4 rings (SSSR count). The van der Waals surface area contributed by atoms with Crippen LogP contribution in [-0.4, -0.2) is 43.0 Å². The summed E-state index contributed by atoms with van der Waals surface area (Å²) in [7, 11) is 2.19. The van der Waals surface area contributed by atoms with Crippen LogP contribution in [0.5, 0.6) is 0 Å². The largest absolute Gasteiger partial charge is 0.372 e. The van der Waals surface area contributed by atoms with Gasteiger partial charge in [-0.25, -0.2) is 0 Å². The van der Waals surface area contributed by atoms with E-state index in [1.165, 1.54) is 48.6 Å². The van der Waals surface area contributed by atoms with Crippen molar-refractivity contribution in [2.45, 2.75) is 41.0 Å². The van der Waals surface area contributed by atoms with Crippen LogP contribution in [0.1, 0.15) is 39.7 Å². The number of hydrogen-bond acceptors (Lipinski definition) is 2. The number of aryl methyl sites for hydroxylation is 1. The molecule has 0 saturated carbocycles. The van der Waals surface area contributed by atoms with Gasteiger partial charge in [0.2, 0.25) is 0 Å². The van der Waals surface area contributed by atoms with E-state index >= 15 is 0 Å². The van der Waals surface area contributed by atoms with Gasteiger partial charge in [-0.3, -0.25) is 0 Å². The number of rotatable bonds is 2. The SMILES string of the molecule is CC.CC.CN1CCN(C2=CC=CC=CC2)CC1.Cc1ccc(-c2ccccc2)cc1. The molecule has 0 spiro atoms. The summed E-state index contributed by atoms with van der Waals surface area (Å²) in [5, 5.41) is 0. The van der Waals surface area contributed by atoms with Gasteiger partial charge in [0.05, 0.1) is 0 Å². The number of piperazine rings is 1. The second-order valence-corrected chi connectivity index (χ2v) is 7.20. The zero-order valence-corrected chi connectivity index (χ0v) is 20.5. The minimum Gasteiger partial charge on any atom is -0.372 e. The van der Waals surface area contributed by atoms with Crippen molar-refractivity contribution in [2.24, 2.45) is 0 Å². The van der Waals surface area contributed by atoms with Crippen molar-refractivity contribution in [1.29, 1.82) is 0 Å². The maximum Gasteiger partial charge on any atom is 0.0303 e. The molecule has 0 bridgehead atoms. The molecule has 1 aliphatic carbocycles. The smallest absolute Gasteiger partial charge is 0.0303 e. The first-order valence-electron chi connectivity index (χ1n) is 11.8. The van der Waals surface area contributed by atoms with Crippen molar-refractivity contribution >= 4 is 0 Å². The predicted molar refractivity (Wildman–Crippen MR) is 139 cm³/mol. The first-order chi connectivity index (χ1) is 15.2. The molecule has 2 aromatic rings. The fraction of sp³-hybridized carbons (Fsp3) is 0.379. The molecule has 0 unspecified atom stereocenters. The maximum absolute atomic E-state index is 2.50. The molecule has 1 heterocycles. The fourth-order valence-electron chi connectivity index (χ4n) is 3.27. The standard InChI is InChI=1S/C13H12.C12H18N2.2C2H6/c1-11-7-9-13(10-8-11)12-5-3-2-4-6-12;1-13-8-10-14(11-9-13)12-6-4-2-3-5-7-12;2*1-2/h2-10H,1H3;2-6H,7-11H2,1H3;2*1-2H3. The molecule has 0 atom stereocenters. The Kier molecular flexibility index (Phi) is 13.8. The molecule has 168 valence electrons. The average molecular weight is 419 g/mol. The van der Waals surface area contributed by atoms with Crippen LogP contribution in [0.25, 0.3) is 11.1 Å². The van der Waals surface area contributed by atoms with Crippen LogP contribution in [0.3, 0.4) is 0 Å². The molecule has 1 fully saturated rings. The minimum absolute atomic E-state index is 1.08. The Labute approximate surface area is 191 Å². The Morgan fingerprint density at radius 1 is 0.645 bits per heavy atom. The van der Waals surface area contributed by atoms with Crippen molar-refractivity contribution in [3.05, 3.63) is 96.2 Å². The van der Waals surface area contributed by atoms with E-state index in [1.54, 1.807) is 0 Å². The molecule has 0 aromatic heterocycles. The lowest BCUT2D eigenvalue weighted by Crippen LogP contribution is -2.43. The minimum atomic E-state index is 1.08. The van der Waals surface area contributed by atoms with Gasteiger partial charge in [-0.15, -0.1) is 0 Å². The van der Waals surface area contributed by atoms with Crippen LogP contribution in [0.4, 0.5) is 0 Å². The molecule has 0 N–H and O–H groups in total.